The Morgan fingerprint density at radius 2 is 2.06 bits per heavy atom. The standard InChI is InChI=1S/C14H19O2PS/c1-4-11-15-17(18,16-13(3)5-2)12-14-9-7-6-8-10-14/h2,6-10,13H,4,11-12H2,1,3H3. The van der Waals surface area contributed by atoms with Crippen molar-refractivity contribution in [3.63, 3.8) is 0 Å². The molecule has 0 radical (unpaired) electrons. The Kier molecular flexibility index (Phi) is 6.60. The van der Waals surface area contributed by atoms with Crippen molar-refractivity contribution in [1.29, 1.82) is 0 Å². The van der Waals surface area contributed by atoms with Gasteiger partial charge >= 0.3 is 0 Å². The van der Waals surface area contributed by atoms with Crippen LogP contribution in [0.1, 0.15) is 25.8 Å². The molecule has 0 spiro atoms. The Balaban J connectivity index is 2.78. The molecule has 0 heterocycles. The number of hydrogen-bond acceptors (Lipinski definition) is 3. The minimum absolute atomic E-state index is 0.309. The monoisotopic (exact) mass is 282 g/mol. The second kappa shape index (κ2) is 7.71. The molecule has 18 heavy (non-hydrogen) atoms. The zero-order chi connectivity index (χ0) is 13.4. The Labute approximate surface area is 115 Å². The number of terminal acetylenes is 1. The maximum absolute atomic E-state index is 5.76. The van der Waals surface area contributed by atoms with Gasteiger partial charge in [-0.3, -0.25) is 0 Å². The van der Waals surface area contributed by atoms with Crippen molar-refractivity contribution in [1.82, 2.24) is 0 Å². The lowest BCUT2D eigenvalue weighted by Gasteiger charge is -2.24. The van der Waals surface area contributed by atoms with Gasteiger partial charge in [-0.2, -0.15) is 0 Å². The number of benzene rings is 1. The smallest absolute Gasteiger partial charge is 0.194 e. The van der Waals surface area contributed by atoms with E-state index in [2.05, 4.69) is 5.92 Å². The van der Waals surface area contributed by atoms with E-state index in [0.29, 0.717) is 12.8 Å². The highest BCUT2D eigenvalue weighted by Gasteiger charge is 2.21. The molecule has 1 rings (SSSR count). The molecule has 0 fully saturated rings. The molecule has 1 aromatic rings. The van der Waals surface area contributed by atoms with Crippen molar-refractivity contribution in [3.05, 3.63) is 35.9 Å². The van der Waals surface area contributed by atoms with Crippen molar-refractivity contribution < 1.29 is 9.05 Å². The third kappa shape index (κ3) is 5.33. The zero-order valence-corrected chi connectivity index (χ0v) is 12.5. The minimum atomic E-state index is -2.34. The molecule has 0 saturated heterocycles. The van der Waals surface area contributed by atoms with Crippen LogP contribution in [-0.4, -0.2) is 12.7 Å². The topological polar surface area (TPSA) is 18.5 Å². The third-order valence-electron chi connectivity index (χ3n) is 2.26. The SMILES string of the molecule is C#CC(C)OP(=S)(Cc1ccccc1)OCCC. The van der Waals surface area contributed by atoms with Crippen LogP contribution in [-0.2, 0) is 27.0 Å². The van der Waals surface area contributed by atoms with Crippen molar-refractivity contribution in [2.24, 2.45) is 0 Å². The van der Waals surface area contributed by atoms with E-state index in [4.69, 9.17) is 27.3 Å². The molecule has 0 aliphatic carbocycles. The average molecular weight is 282 g/mol. The first kappa shape index (κ1) is 15.4. The molecule has 0 bridgehead atoms. The van der Waals surface area contributed by atoms with Gasteiger partial charge in [-0.25, -0.2) is 0 Å². The average Bonchev–Trinajstić information content (AvgIpc) is 2.37. The van der Waals surface area contributed by atoms with Crippen LogP contribution in [0.15, 0.2) is 30.3 Å². The first-order valence-electron chi connectivity index (χ1n) is 6.01. The fourth-order valence-electron chi connectivity index (χ4n) is 1.42. The predicted molar refractivity (Wildman–Crippen MR) is 80.1 cm³/mol. The van der Waals surface area contributed by atoms with Crippen LogP contribution in [0.4, 0.5) is 0 Å². The summed E-state index contributed by atoms with van der Waals surface area (Å²) >= 11 is 5.56. The van der Waals surface area contributed by atoms with E-state index in [-0.39, 0.29) is 6.10 Å². The summed E-state index contributed by atoms with van der Waals surface area (Å²) in [7, 11) is 0. The van der Waals surface area contributed by atoms with E-state index >= 15 is 0 Å². The molecule has 0 aliphatic heterocycles. The molecule has 0 saturated carbocycles. The highest BCUT2D eigenvalue weighted by Crippen LogP contribution is 2.52. The fourth-order valence-corrected chi connectivity index (χ4v) is 4.37. The summed E-state index contributed by atoms with van der Waals surface area (Å²) in [5.41, 5.74) is 1.13. The quantitative estimate of drug-likeness (QED) is 0.557. The van der Waals surface area contributed by atoms with Crippen LogP contribution in [0.3, 0.4) is 0 Å². The maximum atomic E-state index is 5.76. The van der Waals surface area contributed by atoms with Gasteiger partial charge in [-0.1, -0.05) is 43.2 Å². The van der Waals surface area contributed by atoms with Gasteiger partial charge in [0.25, 0.3) is 0 Å². The second-order valence-electron chi connectivity index (χ2n) is 4.00. The van der Waals surface area contributed by atoms with E-state index in [0.717, 1.165) is 12.0 Å². The molecular formula is C14H19O2PS. The molecule has 4 heteroatoms. The lowest BCUT2D eigenvalue weighted by atomic mass is 10.2. The molecular weight excluding hydrogens is 263 g/mol. The number of hydrogen-bond donors (Lipinski definition) is 0. The minimum Gasteiger partial charge on any atom is -0.329 e. The van der Waals surface area contributed by atoms with Gasteiger partial charge < -0.3 is 9.05 Å². The summed E-state index contributed by atoms with van der Waals surface area (Å²) in [4.78, 5) is 0. The summed E-state index contributed by atoms with van der Waals surface area (Å²) in [6, 6.07) is 10.0. The Hall–Kier alpha value is -0.650. The molecule has 0 aromatic heterocycles. The second-order valence-corrected chi connectivity index (χ2v) is 7.68. The van der Waals surface area contributed by atoms with Gasteiger partial charge in [0.15, 0.2) is 6.49 Å². The molecule has 2 atom stereocenters. The van der Waals surface area contributed by atoms with Gasteiger partial charge in [0.05, 0.1) is 6.61 Å². The third-order valence-corrected chi connectivity index (χ3v) is 5.19. The van der Waals surface area contributed by atoms with Crippen molar-refractivity contribution in [2.45, 2.75) is 32.5 Å². The van der Waals surface area contributed by atoms with Crippen molar-refractivity contribution in [2.75, 3.05) is 6.61 Å². The van der Waals surface area contributed by atoms with Crippen LogP contribution in [0, 0.1) is 12.3 Å². The summed E-state index contributed by atoms with van der Waals surface area (Å²) in [5, 5.41) is 0. The Morgan fingerprint density at radius 1 is 1.39 bits per heavy atom. The van der Waals surface area contributed by atoms with Crippen LogP contribution < -0.4 is 0 Å². The molecule has 0 amide bonds. The summed E-state index contributed by atoms with van der Waals surface area (Å²) in [6.45, 7) is 2.14. The Bertz CT molecular complexity index is 439. The number of rotatable bonds is 7. The first-order chi connectivity index (χ1) is 8.59. The molecule has 98 valence electrons. The van der Waals surface area contributed by atoms with Gasteiger partial charge in [0.2, 0.25) is 0 Å². The molecule has 0 N–H and O–H groups in total. The van der Waals surface area contributed by atoms with Crippen molar-refractivity contribution in [3.8, 4) is 12.3 Å². The molecule has 2 unspecified atom stereocenters. The van der Waals surface area contributed by atoms with E-state index in [1.165, 1.54) is 0 Å². The largest absolute Gasteiger partial charge is 0.329 e. The predicted octanol–water partition coefficient (Wildman–Crippen LogP) is 3.96. The van der Waals surface area contributed by atoms with E-state index in [1.54, 1.807) is 0 Å². The van der Waals surface area contributed by atoms with Crippen LogP contribution in [0.5, 0.6) is 0 Å². The summed E-state index contributed by atoms with van der Waals surface area (Å²) in [5.74, 6) is 2.54. The van der Waals surface area contributed by atoms with E-state index in [1.807, 2.05) is 44.2 Å². The lowest BCUT2D eigenvalue weighted by molar-refractivity contribution is 0.225. The zero-order valence-electron chi connectivity index (χ0n) is 10.8. The summed E-state index contributed by atoms with van der Waals surface area (Å²) < 4.78 is 11.5. The van der Waals surface area contributed by atoms with Gasteiger partial charge in [0, 0.05) is 6.16 Å². The first-order valence-corrected chi connectivity index (χ1v) is 8.84. The fraction of sp³-hybridized carbons (Fsp3) is 0.429. The van der Waals surface area contributed by atoms with Gasteiger partial charge in [0.1, 0.15) is 6.10 Å². The summed E-state index contributed by atoms with van der Waals surface area (Å²) in [6.07, 6.45) is 6.57. The van der Waals surface area contributed by atoms with E-state index < -0.39 is 6.49 Å². The van der Waals surface area contributed by atoms with Crippen LogP contribution in [0.2, 0.25) is 0 Å². The van der Waals surface area contributed by atoms with Crippen molar-refractivity contribution >= 4 is 18.3 Å². The van der Waals surface area contributed by atoms with Crippen LogP contribution in [0.25, 0.3) is 0 Å². The lowest BCUT2D eigenvalue weighted by Crippen LogP contribution is -2.07. The Morgan fingerprint density at radius 3 is 2.61 bits per heavy atom. The molecule has 1 aromatic carbocycles. The molecule has 0 aliphatic rings. The normalized spacial score (nSPS) is 15.6. The maximum Gasteiger partial charge on any atom is 0.194 e. The molecule has 2 nitrogen and oxygen atoms in total. The highest BCUT2D eigenvalue weighted by molar-refractivity contribution is 8.09. The van der Waals surface area contributed by atoms with Crippen LogP contribution >= 0.6 is 6.49 Å². The van der Waals surface area contributed by atoms with Gasteiger partial charge in [-0.05, 0) is 30.7 Å². The van der Waals surface area contributed by atoms with Gasteiger partial charge in [-0.15, -0.1) is 6.42 Å². The highest BCUT2D eigenvalue weighted by atomic mass is 32.5. The van der Waals surface area contributed by atoms with E-state index in [9.17, 15) is 0 Å².